The summed E-state index contributed by atoms with van der Waals surface area (Å²) in [6, 6.07) is 21.1. The molecule has 5 nitrogen and oxygen atoms in total. The number of pyridine rings is 1. The Hall–Kier alpha value is -3.35. The lowest BCUT2D eigenvalue weighted by Gasteiger charge is -2.37. The van der Waals surface area contributed by atoms with Crippen molar-refractivity contribution in [2.45, 2.75) is 60.0 Å². The van der Waals surface area contributed by atoms with Gasteiger partial charge in [-0.3, -0.25) is 4.98 Å². The first-order valence-electron chi connectivity index (χ1n) is 14.9. The number of anilines is 2. The fraction of sp³-hybridized carbons (Fsp3) is 0.371. The summed E-state index contributed by atoms with van der Waals surface area (Å²) in [5.41, 5.74) is 10.4. The molecule has 0 radical (unpaired) electrons. The maximum absolute atomic E-state index is 7.06. The first kappa shape index (κ1) is 28.8. The molecule has 7 heteroatoms. The van der Waals surface area contributed by atoms with Crippen LogP contribution in [0.25, 0.3) is 5.69 Å². The molecule has 0 bridgehead atoms. The van der Waals surface area contributed by atoms with E-state index in [1.165, 1.54) is 40.2 Å². The molecule has 2 saturated heterocycles. The van der Waals surface area contributed by atoms with Crippen LogP contribution in [-0.2, 0) is 0 Å². The molecule has 0 spiro atoms. The van der Waals surface area contributed by atoms with Crippen LogP contribution in [0.4, 0.5) is 11.4 Å². The third-order valence-electron chi connectivity index (χ3n) is 9.12. The zero-order valence-corrected chi connectivity index (χ0v) is 26.9. The van der Waals surface area contributed by atoms with E-state index in [4.69, 9.17) is 28.8 Å². The van der Waals surface area contributed by atoms with E-state index in [2.05, 4.69) is 110 Å². The molecule has 2 aromatic carbocycles. The molecular weight excluding hydrogens is 558 g/mol. The van der Waals surface area contributed by atoms with Gasteiger partial charge >= 0.3 is 0 Å². The number of hydrogen-bond donors (Lipinski definition) is 1. The standard InChI is InChI=1S/C35H40ClN5S/c1-21-16-22(2)20-39(19-21)32-14-13-27(18-29(32)36)41-34(33(38-35(41)42)30-11-7-8-15-37-30)28-17-24(4)40(26(28)6)31-12-9-10-23(3)25(31)5/h7-15,17-18,21-22,33-34H,16,19-20H2,1-6H3,(H,38,42)/t21-,22-,33+,34-/m1/s1. The van der Waals surface area contributed by atoms with Gasteiger partial charge in [-0.15, -0.1) is 0 Å². The van der Waals surface area contributed by atoms with Gasteiger partial charge in [0.15, 0.2) is 5.11 Å². The minimum absolute atomic E-state index is 0.102. The number of aromatic nitrogens is 2. The van der Waals surface area contributed by atoms with E-state index in [1.807, 2.05) is 18.3 Å². The highest BCUT2D eigenvalue weighted by atomic mass is 35.5. The van der Waals surface area contributed by atoms with Crippen LogP contribution in [0.1, 0.15) is 66.1 Å². The van der Waals surface area contributed by atoms with Crippen LogP contribution in [0.2, 0.25) is 5.02 Å². The molecule has 218 valence electrons. The SMILES string of the molecule is Cc1cccc(-n2c(C)cc([C@@H]3[C@H](c4ccccn4)NC(=S)N3c3ccc(N4C[C@H](C)C[C@@H](C)C4)c(Cl)c3)c2C)c1C. The average molecular weight is 598 g/mol. The van der Waals surface area contributed by atoms with E-state index in [-0.39, 0.29) is 12.1 Å². The first-order chi connectivity index (χ1) is 20.1. The molecule has 0 unspecified atom stereocenters. The molecule has 4 aromatic rings. The lowest BCUT2D eigenvalue weighted by Crippen LogP contribution is -2.38. The Morgan fingerprint density at radius 2 is 1.67 bits per heavy atom. The lowest BCUT2D eigenvalue weighted by molar-refractivity contribution is 0.357. The molecule has 1 N–H and O–H groups in total. The van der Waals surface area contributed by atoms with Gasteiger partial charge in [-0.2, -0.15) is 0 Å². The van der Waals surface area contributed by atoms with Crippen LogP contribution in [0.5, 0.6) is 0 Å². The molecule has 42 heavy (non-hydrogen) atoms. The van der Waals surface area contributed by atoms with Crippen LogP contribution in [0.3, 0.4) is 0 Å². The summed E-state index contributed by atoms with van der Waals surface area (Å²) >= 11 is 13.1. The van der Waals surface area contributed by atoms with Gasteiger partial charge in [-0.25, -0.2) is 0 Å². The topological polar surface area (TPSA) is 36.3 Å². The van der Waals surface area contributed by atoms with Crippen LogP contribution in [0, 0.1) is 39.5 Å². The van der Waals surface area contributed by atoms with Crippen molar-refractivity contribution in [2.75, 3.05) is 22.9 Å². The zero-order valence-electron chi connectivity index (χ0n) is 25.4. The highest BCUT2D eigenvalue weighted by Crippen LogP contribution is 2.45. The third-order valence-corrected chi connectivity index (χ3v) is 9.74. The molecule has 2 fully saturated rings. The Bertz CT molecular complexity index is 1620. The summed E-state index contributed by atoms with van der Waals surface area (Å²) < 4.78 is 2.38. The molecule has 0 amide bonds. The van der Waals surface area contributed by atoms with Crippen molar-refractivity contribution in [2.24, 2.45) is 11.8 Å². The summed E-state index contributed by atoms with van der Waals surface area (Å²) in [6.45, 7) is 15.5. The number of benzene rings is 2. The smallest absolute Gasteiger partial charge is 0.174 e. The minimum Gasteiger partial charge on any atom is -0.370 e. The fourth-order valence-electron chi connectivity index (χ4n) is 7.15. The van der Waals surface area contributed by atoms with E-state index in [0.717, 1.165) is 35.2 Å². The van der Waals surface area contributed by atoms with Crippen molar-refractivity contribution >= 4 is 40.3 Å². The van der Waals surface area contributed by atoms with E-state index >= 15 is 0 Å². The predicted molar refractivity (Wildman–Crippen MR) is 179 cm³/mol. The van der Waals surface area contributed by atoms with Gasteiger partial charge in [0.2, 0.25) is 0 Å². The third kappa shape index (κ3) is 5.09. The fourth-order valence-corrected chi connectivity index (χ4v) is 7.79. The monoisotopic (exact) mass is 597 g/mol. The quantitative estimate of drug-likeness (QED) is 0.234. The Balaban J connectivity index is 1.45. The highest BCUT2D eigenvalue weighted by molar-refractivity contribution is 7.80. The number of aryl methyl sites for hydroxylation is 2. The lowest BCUT2D eigenvalue weighted by atomic mass is 9.91. The molecule has 0 saturated carbocycles. The van der Waals surface area contributed by atoms with Gasteiger partial charge < -0.3 is 19.7 Å². The van der Waals surface area contributed by atoms with Crippen molar-refractivity contribution < 1.29 is 0 Å². The van der Waals surface area contributed by atoms with Gasteiger partial charge in [0.25, 0.3) is 0 Å². The molecule has 4 atom stereocenters. The molecule has 4 heterocycles. The molecule has 6 rings (SSSR count). The molecule has 2 aliphatic heterocycles. The van der Waals surface area contributed by atoms with Crippen molar-refractivity contribution in [1.82, 2.24) is 14.9 Å². The average Bonchev–Trinajstić information content (AvgIpc) is 3.45. The van der Waals surface area contributed by atoms with Gasteiger partial charge in [-0.1, -0.05) is 43.6 Å². The summed E-state index contributed by atoms with van der Waals surface area (Å²) in [7, 11) is 0. The summed E-state index contributed by atoms with van der Waals surface area (Å²) in [5, 5.41) is 5.06. The van der Waals surface area contributed by atoms with Crippen LogP contribution >= 0.6 is 23.8 Å². The Kier molecular flexibility index (Phi) is 7.79. The molecule has 0 aliphatic carbocycles. The minimum atomic E-state index is -0.117. The van der Waals surface area contributed by atoms with Crippen molar-refractivity contribution in [3.05, 3.63) is 106 Å². The van der Waals surface area contributed by atoms with Crippen LogP contribution < -0.4 is 15.1 Å². The van der Waals surface area contributed by atoms with Gasteiger partial charge in [-0.05, 0) is 117 Å². The Labute approximate surface area is 260 Å². The number of nitrogens with one attached hydrogen (secondary N) is 1. The first-order valence-corrected chi connectivity index (χ1v) is 15.7. The maximum atomic E-state index is 7.06. The Morgan fingerprint density at radius 1 is 0.905 bits per heavy atom. The summed E-state index contributed by atoms with van der Waals surface area (Å²) in [5.74, 6) is 1.30. The molecule has 2 aliphatic rings. The summed E-state index contributed by atoms with van der Waals surface area (Å²) in [6.07, 6.45) is 3.11. The molecular formula is C35H40ClN5S. The zero-order chi connectivity index (χ0) is 29.7. The number of nitrogens with zero attached hydrogens (tertiary/aromatic N) is 4. The van der Waals surface area contributed by atoms with Crippen molar-refractivity contribution in [3.63, 3.8) is 0 Å². The highest BCUT2D eigenvalue weighted by Gasteiger charge is 2.42. The largest absolute Gasteiger partial charge is 0.370 e. The second-order valence-electron chi connectivity index (χ2n) is 12.4. The number of halogens is 1. The van der Waals surface area contributed by atoms with Crippen LogP contribution in [0.15, 0.2) is 66.9 Å². The normalized spacial score (nSPS) is 22.5. The predicted octanol–water partition coefficient (Wildman–Crippen LogP) is 8.42. The number of rotatable bonds is 5. The summed E-state index contributed by atoms with van der Waals surface area (Å²) in [4.78, 5) is 9.44. The van der Waals surface area contributed by atoms with Gasteiger partial charge in [0.1, 0.15) is 0 Å². The second kappa shape index (κ2) is 11.4. The number of thiocarbonyl (C=S) groups is 1. The van der Waals surface area contributed by atoms with E-state index in [0.29, 0.717) is 16.9 Å². The number of hydrogen-bond acceptors (Lipinski definition) is 3. The Morgan fingerprint density at radius 3 is 2.36 bits per heavy atom. The van der Waals surface area contributed by atoms with Gasteiger partial charge in [0.05, 0.1) is 28.5 Å². The number of piperidine rings is 1. The van der Waals surface area contributed by atoms with Crippen molar-refractivity contribution in [1.29, 1.82) is 0 Å². The van der Waals surface area contributed by atoms with E-state index < -0.39 is 0 Å². The van der Waals surface area contributed by atoms with Crippen LogP contribution in [-0.4, -0.2) is 27.8 Å². The van der Waals surface area contributed by atoms with Gasteiger partial charge in [0, 0.05) is 42.0 Å². The van der Waals surface area contributed by atoms with Crippen molar-refractivity contribution in [3.8, 4) is 5.69 Å². The maximum Gasteiger partial charge on any atom is 0.174 e. The molecule has 2 aromatic heterocycles. The van der Waals surface area contributed by atoms with E-state index in [1.54, 1.807) is 0 Å². The second-order valence-corrected chi connectivity index (χ2v) is 13.2. The van der Waals surface area contributed by atoms with E-state index in [9.17, 15) is 0 Å².